The number of hydrogen-bond donors (Lipinski definition) is 2. The molecule has 2 aromatic heterocycles. The van der Waals surface area contributed by atoms with Crippen LogP contribution in [0.15, 0.2) is 39.1 Å². The molecule has 0 bridgehead atoms. The van der Waals surface area contributed by atoms with Crippen LogP contribution in [0.25, 0.3) is 0 Å². The number of sulfonamides is 1. The summed E-state index contributed by atoms with van der Waals surface area (Å²) in [6, 6.07) is 6.73. The Morgan fingerprint density at radius 2 is 2.16 bits per heavy atom. The fraction of sp³-hybridized carbons (Fsp3) is 0.182. The Bertz CT molecular complexity index is 670. The van der Waals surface area contributed by atoms with Gasteiger partial charge in [-0.15, -0.1) is 11.3 Å². The zero-order valence-corrected chi connectivity index (χ0v) is 13.3. The zero-order valence-electron chi connectivity index (χ0n) is 10.1. The minimum Gasteiger partial charge on any atom is -0.373 e. The highest BCUT2D eigenvalue weighted by Crippen LogP contribution is 2.22. The molecule has 0 unspecified atom stereocenters. The summed E-state index contributed by atoms with van der Waals surface area (Å²) < 4.78 is 27.8. The summed E-state index contributed by atoms with van der Waals surface area (Å²) in [5.74, 6) is 0.516. The number of nitrogens with one attached hydrogen (secondary N) is 2. The predicted molar refractivity (Wildman–Crippen MR) is 79.8 cm³/mol. The van der Waals surface area contributed by atoms with Crippen molar-refractivity contribution in [3.63, 3.8) is 0 Å². The van der Waals surface area contributed by atoms with Crippen molar-refractivity contribution in [2.75, 3.05) is 12.4 Å². The van der Waals surface area contributed by atoms with Gasteiger partial charge in [-0.1, -0.05) is 0 Å². The summed E-state index contributed by atoms with van der Waals surface area (Å²) in [4.78, 5) is 5.13. The number of hydrogen-bond acceptors (Lipinski definition) is 5. The fourth-order valence-electron chi connectivity index (χ4n) is 1.41. The van der Waals surface area contributed by atoms with Gasteiger partial charge in [0.2, 0.25) is 10.0 Å². The third-order valence-corrected chi connectivity index (χ3v) is 5.39. The SMILES string of the molecule is CNc1cc(S(=O)(=O)NCc2ccc(Br)s2)ccn1. The van der Waals surface area contributed by atoms with Crippen LogP contribution >= 0.6 is 27.3 Å². The number of pyridine rings is 1. The van der Waals surface area contributed by atoms with Crippen molar-refractivity contribution in [3.8, 4) is 0 Å². The highest BCUT2D eigenvalue weighted by Gasteiger charge is 2.14. The van der Waals surface area contributed by atoms with Crippen molar-refractivity contribution >= 4 is 43.1 Å². The Balaban J connectivity index is 2.13. The van der Waals surface area contributed by atoms with E-state index >= 15 is 0 Å². The molecule has 0 radical (unpaired) electrons. The molecular formula is C11H12BrN3O2S2. The van der Waals surface area contributed by atoms with Crippen molar-refractivity contribution in [1.82, 2.24) is 9.71 Å². The minimum atomic E-state index is -3.52. The van der Waals surface area contributed by atoms with Gasteiger partial charge in [-0.2, -0.15) is 0 Å². The first-order chi connectivity index (χ1) is 9.01. The van der Waals surface area contributed by atoms with E-state index in [0.29, 0.717) is 5.82 Å². The van der Waals surface area contributed by atoms with Gasteiger partial charge in [0.05, 0.1) is 8.68 Å². The Kier molecular flexibility index (Phi) is 4.56. The molecule has 5 nitrogen and oxygen atoms in total. The van der Waals surface area contributed by atoms with Gasteiger partial charge in [0.15, 0.2) is 0 Å². The Hall–Kier alpha value is -0.960. The second-order valence-corrected chi connectivity index (χ2v) is 7.97. The molecule has 2 rings (SSSR count). The molecule has 0 spiro atoms. The predicted octanol–water partition coefficient (Wildman–Crippen LogP) is 2.43. The zero-order chi connectivity index (χ0) is 13.9. The average molecular weight is 362 g/mol. The summed E-state index contributed by atoms with van der Waals surface area (Å²) in [5, 5.41) is 2.81. The van der Waals surface area contributed by atoms with Crippen molar-refractivity contribution in [2.24, 2.45) is 0 Å². The monoisotopic (exact) mass is 361 g/mol. The Morgan fingerprint density at radius 3 is 2.79 bits per heavy atom. The van der Waals surface area contributed by atoms with E-state index in [4.69, 9.17) is 0 Å². The highest BCUT2D eigenvalue weighted by molar-refractivity contribution is 9.11. The van der Waals surface area contributed by atoms with Crippen LogP contribution in [-0.4, -0.2) is 20.4 Å². The topological polar surface area (TPSA) is 71.1 Å². The first kappa shape index (κ1) is 14.4. The van der Waals surface area contributed by atoms with E-state index in [1.165, 1.54) is 29.7 Å². The molecule has 2 heterocycles. The Morgan fingerprint density at radius 1 is 1.37 bits per heavy atom. The molecule has 0 aliphatic carbocycles. The maximum atomic E-state index is 12.1. The van der Waals surface area contributed by atoms with Crippen LogP contribution in [0, 0.1) is 0 Å². The van der Waals surface area contributed by atoms with Crippen LogP contribution in [0.1, 0.15) is 4.88 Å². The van der Waals surface area contributed by atoms with E-state index in [2.05, 4.69) is 31.0 Å². The Labute approximate surface area is 124 Å². The van der Waals surface area contributed by atoms with E-state index in [-0.39, 0.29) is 11.4 Å². The number of nitrogens with zero attached hydrogens (tertiary/aromatic N) is 1. The second-order valence-electron chi connectivity index (χ2n) is 3.66. The van der Waals surface area contributed by atoms with Crippen molar-refractivity contribution in [3.05, 3.63) is 39.1 Å². The number of aromatic nitrogens is 1. The number of halogens is 1. The van der Waals surface area contributed by atoms with Crippen molar-refractivity contribution in [1.29, 1.82) is 0 Å². The molecule has 102 valence electrons. The average Bonchev–Trinajstić information content (AvgIpc) is 2.82. The van der Waals surface area contributed by atoms with Crippen LogP contribution in [0.3, 0.4) is 0 Å². The first-order valence-corrected chi connectivity index (χ1v) is 8.48. The van der Waals surface area contributed by atoms with Crippen molar-refractivity contribution < 1.29 is 8.42 Å². The van der Waals surface area contributed by atoms with Crippen LogP contribution in [-0.2, 0) is 16.6 Å². The van der Waals surface area contributed by atoms with Gasteiger partial charge in [0.25, 0.3) is 0 Å². The lowest BCUT2D eigenvalue weighted by Crippen LogP contribution is -2.22. The number of anilines is 1. The fourth-order valence-corrected chi connectivity index (χ4v) is 3.94. The molecular weight excluding hydrogens is 350 g/mol. The van der Waals surface area contributed by atoms with Gasteiger partial charge in [-0.3, -0.25) is 0 Å². The van der Waals surface area contributed by atoms with Gasteiger partial charge >= 0.3 is 0 Å². The quantitative estimate of drug-likeness (QED) is 0.857. The number of rotatable bonds is 5. The molecule has 19 heavy (non-hydrogen) atoms. The molecule has 0 aromatic carbocycles. The van der Waals surface area contributed by atoms with Crippen LogP contribution < -0.4 is 10.0 Å². The van der Waals surface area contributed by atoms with Crippen LogP contribution in [0.2, 0.25) is 0 Å². The summed E-state index contributed by atoms with van der Waals surface area (Å²) in [5.41, 5.74) is 0. The lowest BCUT2D eigenvalue weighted by atomic mass is 10.5. The van der Waals surface area contributed by atoms with Crippen molar-refractivity contribution in [2.45, 2.75) is 11.4 Å². The summed E-state index contributed by atoms with van der Waals surface area (Å²) in [7, 11) is -1.83. The molecule has 8 heteroatoms. The molecule has 0 aliphatic rings. The van der Waals surface area contributed by atoms with E-state index in [9.17, 15) is 8.42 Å². The van der Waals surface area contributed by atoms with E-state index in [1.54, 1.807) is 7.05 Å². The van der Waals surface area contributed by atoms with Gasteiger partial charge in [-0.05, 0) is 34.1 Å². The molecule has 2 aromatic rings. The first-order valence-electron chi connectivity index (χ1n) is 5.39. The molecule has 0 saturated carbocycles. The summed E-state index contributed by atoms with van der Waals surface area (Å²) in [6.45, 7) is 0.274. The molecule has 2 N–H and O–H groups in total. The van der Waals surface area contributed by atoms with E-state index in [0.717, 1.165) is 8.66 Å². The van der Waals surface area contributed by atoms with Gasteiger partial charge in [0.1, 0.15) is 5.82 Å². The largest absolute Gasteiger partial charge is 0.373 e. The minimum absolute atomic E-state index is 0.197. The van der Waals surface area contributed by atoms with E-state index < -0.39 is 10.0 Å². The molecule has 0 saturated heterocycles. The van der Waals surface area contributed by atoms with Gasteiger partial charge < -0.3 is 5.32 Å². The van der Waals surface area contributed by atoms with Gasteiger partial charge in [0, 0.05) is 30.7 Å². The number of thiophene rings is 1. The second kappa shape index (κ2) is 6.00. The molecule has 0 aliphatic heterocycles. The summed E-state index contributed by atoms with van der Waals surface area (Å²) >= 11 is 4.84. The molecule has 0 fully saturated rings. The van der Waals surface area contributed by atoms with Crippen LogP contribution in [0.5, 0.6) is 0 Å². The maximum absolute atomic E-state index is 12.1. The molecule has 0 amide bonds. The maximum Gasteiger partial charge on any atom is 0.241 e. The lowest BCUT2D eigenvalue weighted by molar-refractivity contribution is 0.581. The summed E-state index contributed by atoms with van der Waals surface area (Å²) in [6.07, 6.45) is 1.46. The normalized spacial score (nSPS) is 11.5. The van der Waals surface area contributed by atoms with E-state index in [1.807, 2.05) is 12.1 Å². The molecule has 0 atom stereocenters. The highest BCUT2D eigenvalue weighted by atomic mass is 79.9. The third-order valence-electron chi connectivity index (χ3n) is 2.36. The third kappa shape index (κ3) is 3.75. The van der Waals surface area contributed by atoms with Gasteiger partial charge in [-0.25, -0.2) is 18.1 Å². The smallest absolute Gasteiger partial charge is 0.241 e. The van der Waals surface area contributed by atoms with Crippen LogP contribution in [0.4, 0.5) is 5.82 Å². The lowest BCUT2D eigenvalue weighted by Gasteiger charge is -2.06. The standard InChI is InChI=1S/C11H12BrN3O2S2/c1-13-11-6-9(4-5-14-11)19(16,17)15-7-8-2-3-10(12)18-8/h2-6,15H,7H2,1H3,(H,13,14).